The first-order chi connectivity index (χ1) is 14.4. The first-order valence-electron chi connectivity index (χ1n) is 11.8. The smallest absolute Gasteiger partial charge is 0.254 e. The molecule has 3 aliphatic rings. The van der Waals surface area contributed by atoms with Gasteiger partial charge in [-0.25, -0.2) is 13.1 Å². The number of aryl methyl sites for hydroxylation is 1. The fourth-order valence-corrected chi connectivity index (χ4v) is 6.04. The van der Waals surface area contributed by atoms with Crippen LogP contribution in [0.4, 0.5) is 0 Å². The molecule has 2 heterocycles. The van der Waals surface area contributed by atoms with Crippen LogP contribution in [0.25, 0.3) is 0 Å². The topological polar surface area (TPSA) is 77.4 Å². The van der Waals surface area contributed by atoms with Gasteiger partial charge in [0.2, 0.25) is 10.0 Å². The minimum absolute atomic E-state index is 0.0436. The first kappa shape index (κ1) is 22.0. The van der Waals surface area contributed by atoms with Crippen molar-refractivity contribution in [3.63, 3.8) is 0 Å². The number of pyridine rings is 1. The molecule has 2 fully saturated rings. The van der Waals surface area contributed by atoms with Gasteiger partial charge in [-0.3, -0.25) is 4.79 Å². The number of nitrogens with zero attached hydrogens (tertiary/aromatic N) is 1. The Labute approximate surface area is 180 Å². The van der Waals surface area contributed by atoms with E-state index < -0.39 is 10.0 Å². The molecule has 168 valence electrons. The Morgan fingerprint density at radius 2 is 1.80 bits per heavy atom. The molecule has 0 aromatic carbocycles. The van der Waals surface area contributed by atoms with E-state index in [9.17, 15) is 13.2 Å². The highest BCUT2D eigenvalue weighted by Gasteiger charge is 2.36. The number of fused-ring (bicyclic) bond motifs is 1. The van der Waals surface area contributed by atoms with Gasteiger partial charge in [0.05, 0.1) is 24.5 Å². The van der Waals surface area contributed by atoms with Crippen molar-refractivity contribution in [1.82, 2.24) is 9.29 Å². The highest BCUT2D eigenvalue weighted by Crippen LogP contribution is 2.39. The summed E-state index contributed by atoms with van der Waals surface area (Å²) < 4.78 is 35.7. The lowest BCUT2D eigenvalue weighted by Crippen LogP contribution is -2.50. The van der Waals surface area contributed by atoms with Crippen LogP contribution in [-0.4, -0.2) is 37.5 Å². The molecule has 0 amide bonds. The molecule has 1 aromatic heterocycles. The quantitative estimate of drug-likeness (QED) is 0.677. The fraction of sp³-hybridized carbons (Fsp3) is 0.783. The Kier molecular flexibility index (Phi) is 6.70. The molecular formula is C23H36N2O4S. The average molecular weight is 437 g/mol. The minimum Gasteiger partial charge on any atom is -0.376 e. The normalized spacial score (nSPS) is 29.5. The van der Waals surface area contributed by atoms with Crippen LogP contribution in [0, 0.1) is 5.92 Å². The van der Waals surface area contributed by atoms with E-state index in [-0.39, 0.29) is 29.5 Å². The van der Waals surface area contributed by atoms with Crippen LogP contribution in [0.1, 0.15) is 88.4 Å². The SMILES string of the molecule is CCC1CCC(OC[C@H]2[C@@H](NS(=O)(=O)CC)CCc3ccc(C4CC4)c(=O)n32)CC1. The second-order valence-electron chi connectivity index (χ2n) is 9.35. The average Bonchev–Trinajstić information content (AvgIpc) is 3.58. The summed E-state index contributed by atoms with van der Waals surface area (Å²) >= 11 is 0. The van der Waals surface area contributed by atoms with Crippen molar-refractivity contribution in [3.05, 3.63) is 33.7 Å². The van der Waals surface area contributed by atoms with Gasteiger partial charge in [-0.2, -0.15) is 0 Å². The number of rotatable bonds is 8. The molecule has 4 rings (SSSR count). The Morgan fingerprint density at radius 3 is 2.43 bits per heavy atom. The van der Waals surface area contributed by atoms with Crippen molar-refractivity contribution < 1.29 is 13.2 Å². The van der Waals surface area contributed by atoms with Gasteiger partial charge in [0, 0.05) is 17.3 Å². The van der Waals surface area contributed by atoms with Gasteiger partial charge >= 0.3 is 0 Å². The number of hydrogen-bond donors (Lipinski definition) is 1. The first-order valence-corrected chi connectivity index (χ1v) is 13.4. The molecule has 6 nitrogen and oxygen atoms in total. The van der Waals surface area contributed by atoms with Crippen LogP contribution >= 0.6 is 0 Å². The molecule has 2 aliphatic carbocycles. The van der Waals surface area contributed by atoms with Crippen molar-refractivity contribution in [2.75, 3.05) is 12.4 Å². The molecule has 0 radical (unpaired) electrons. The number of sulfonamides is 1. The lowest BCUT2D eigenvalue weighted by atomic mass is 9.86. The van der Waals surface area contributed by atoms with Crippen molar-refractivity contribution in [2.24, 2.45) is 5.92 Å². The largest absolute Gasteiger partial charge is 0.376 e. The molecule has 0 unspecified atom stereocenters. The maximum atomic E-state index is 13.3. The van der Waals surface area contributed by atoms with Crippen LogP contribution < -0.4 is 10.3 Å². The maximum absolute atomic E-state index is 13.3. The maximum Gasteiger partial charge on any atom is 0.254 e. The number of nitrogens with one attached hydrogen (secondary N) is 1. The van der Waals surface area contributed by atoms with E-state index in [0.717, 1.165) is 42.9 Å². The molecule has 7 heteroatoms. The van der Waals surface area contributed by atoms with Crippen LogP contribution in [0.3, 0.4) is 0 Å². The number of hydrogen-bond acceptors (Lipinski definition) is 4. The molecular weight excluding hydrogens is 400 g/mol. The van der Waals surface area contributed by atoms with Crippen LogP contribution in [0.15, 0.2) is 16.9 Å². The van der Waals surface area contributed by atoms with E-state index in [4.69, 9.17) is 4.74 Å². The van der Waals surface area contributed by atoms with Gasteiger partial charge in [-0.1, -0.05) is 19.4 Å². The summed E-state index contributed by atoms with van der Waals surface area (Å²) in [6.07, 6.45) is 9.48. The molecule has 0 saturated heterocycles. The van der Waals surface area contributed by atoms with Crippen molar-refractivity contribution in [1.29, 1.82) is 0 Å². The molecule has 30 heavy (non-hydrogen) atoms. The third kappa shape index (κ3) is 4.83. The van der Waals surface area contributed by atoms with Gasteiger partial charge in [0.25, 0.3) is 5.56 Å². The molecule has 0 bridgehead atoms. The molecule has 1 N–H and O–H groups in total. The summed E-state index contributed by atoms with van der Waals surface area (Å²) in [4.78, 5) is 13.3. The lowest BCUT2D eigenvalue weighted by molar-refractivity contribution is -0.00696. The number of ether oxygens (including phenoxy) is 1. The zero-order valence-corrected chi connectivity index (χ0v) is 19.1. The molecule has 0 spiro atoms. The Balaban J connectivity index is 1.57. The summed E-state index contributed by atoms with van der Waals surface area (Å²) in [5.41, 5.74) is 1.93. The second kappa shape index (κ2) is 9.13. The summed E-state index contributed by atoms with van der Waals surface area (Å²) in [5, 5.41) is 0. The predicted molar refractivity (Wildman–Crippen MR) is 118 cm³/mol. The predicted octanol–water partition coefficient (Wildman–Crippen LogP) is 3.51. The highest BCUT2D eigenvalue weighted by atomic mass is 32.2. The van der Waals surface area contributed by atoms with E-state index in [2.05, 4.69) is 17.7 Å². The second-order valence-corrected chi connectivity index (χ2v) is 11.4. The van der Waals surface area contributed by atoms with Crippen LogP contribution in [0.5, 0.6) is 0 Å². The van der Waals surface area contributed by atoms with Gasteiger partial charge in [-0.15, -0.1) is 0 Å². The third-order valence-corrected chi connectivity index (χ3v) is 8.76. The highest BCUT2D eigenvalue weighted by molar-refractivity contribution is 7.89. The molecule has 1 aliphatic heterocycles. The lowest BCUT2D eigenvalue weighted by Gasteiger charge is -2.37. The summed E-state index contributed by atoms with van der Waals surface area (Å²) in [6, 6.07) is 3.47. The summed E-state index contributed by atoms with van der Waals surface area (Å²) in [7, 11) is -3.36. The number of aromatic nitrogens is 1. The van der Waals surface area contributed by atoms with Gasteiger partial charge in [0.15, 0.2) is 0 Å². The summed E-state index contributed by atoms with van der Waals surface area (Å²) in [6.45, 7) is 4.28. The zero-order chi connectivity index (χ0) is 21.3. The Morgan fingerprint density at radius 1 is 1.07 bits per heavy atom. The molecule has 2 saturated carbocycles. The Bertz CT molecular complexity index is 898. The standard InChI is InChI=1S/C23H36N2O4S/c1-3-16-5-11-19(12-6-16)29-15-22-21(24-30(27,28)4-2)14-10-18-9-13-20(17-7-8-17)23(26)25(18)22/h9,13,16-17,19,21-22,24H,3-8,10-12,14-15H2,1-2H3/t16?,19?,21-,22-/m0/s1. The van der Waals surface area contributed by atoms with Crippen molar-refractivity contribution in [3.8, 4) is 0 Å². The minimum atomic E-state index is -3.36. The van der Waals surface area contributed by atoms with Crippen molar-refractivity contribution >= 4 is 10.0 Å². The van der Waals surface area contributed by atoms with E-state index in [1.54, 1.807) is 6.92 Å². The van der Waals surface area contributed by atoms with E-state index in [1.165, 1.54) is 19.3 Å². The van der Waals surface area contributed by atoms with E-state index in [1.807, 2.05) is 10.6 Å². The monoisotopic (exact) mass is 436 g/mol. The van der Waals surface area contributed by atoms with Crippen molar-refractivity contribution in [2.45, 2.75) is 95.7 Å². The van der Waals surface area contributed by atoms with Crippen LogP contribution in [0.2, 0.25) is 0 Å². The fourth-order valence-electron chi connectivity index (χ4n) is 5.14. The Hall–Kier alpha value is -1.18. The molecule has 2 atom stereocenters. The van der Waals surface area contributed by atoms with Crippen LogP contribution in [-0.2, 0) is 21.2 Å². The molecule has 1 aromatic rings. The van der Waals surface area contributed by atoms with Gasteiger partial charge in [0.1, 0.15) is 0 Å². The van der Waals surface area contributed by atoms with E-state index in [0.29, 0.717) is 25.4 Å². The third-order valence-electron chi connectivity index (χ3n) is 7.34. The zero-order valence-electron chi connectivity index (χ0n) is 18.3. The van der Waals surface area contributed by atoms with Gasteiger partial charge in [-0.05, 0) is 76.2 Å². The van der Waals surface area contributed by atoms with Gasteiger partial charge < -0.3 is 9.30 Å². The van der Waals surface area contributed by atoms with E-state index >= 15 is 0 Å². The summed E-state index contributed by atoms with van der Waals surface area (Å²) in [5.74, 6) is 1.21.